The Labute approximate surface area is 343 Å². The van der Waals surface area contributed by atoms with Gasteiger partial charge in [-0.1, -0.05) is 35.8 Å². The molecule has 61 heavy (non-hydrogen) atoms. The minimum atomic E-state index is -4.65. The number of hydrogen-bond donors (Lipinski definition) is 12. The zero-order valence-electron chi connectivity index (χ0n) is 27.5. The Morgan fingerprint density at radius 3 is 0.984 bits per heavy atom. The van der Waals surface area contributed by atoms with E-state index in [4.69, 9.17) is 85.6 Å². The lowest BCUT2D eigenvalue weighted by Gasteiger charge is -2.02. The van der Waals surface area contributed by atoms with Gasteiger partial charge in [0.05, 0.1) is 14.8 Å². The van der Waals surface area contributed by atoms with Crippen LogP contribution in [-0.2, 0) is 20.2 Å². The standard InChI is InChI=1S/C5H5N5O4.C5H6N4O5S.C5H7N3O3S.C5H7N3.4CH4.2HNO3/c6-4-2(9(11)12)1-3(10(13)14)5(7)8-4;6-4-2(9(10)11)1-3(5(7)8-4)15(12,13)14;6-4-2-1-3(5(7)8-4)12(9,10)11;6-4-2-1-3-5(7)8-4;;;;;2*2-1(3)4/h1H,(H4,6,7,8);1H,(H4,6,7,8)(H,12,13,14);1-2H,(H4,6,7,8)(H,9,10,11);1-3H,(H4,6,7,8);4*1H4;2*(H,2,3,4). The molecule has 37 heteroatoms. The molecule has 0 unspecified atom stereocenters. The second kappa shape index (κ2) is 27.9. The van der Waals surface area contributed by atoms with Crippen LogP contribution < -0.4 is 45.9 Å². The van der Waals surface area contributed by atoms with Crippen LogP contribution >= 0.6 is 0 Å². The molecular weight excluding hydrogens is 878 g/mol. The molecule has 0 radical (unpaired) electrons. The second-order valence-electron chi connectivity index (χ2n) is 8.88. The van der Waals surface area contributed by atoms with E-state index in [1.807, 2.05) is 0 Å². The van der Waals surface area contributed by atoms with Crippen LogP contribution in [0.2, 0.25) is 0 Å². The van der Waals surface area contributed by atoms with Gasteiger partial charge in [-0.15, -0.1) is 20.2 Å². The third-order valence-electron chi connectivity index (χ3n) is 4.91. The van der Waals surface area contributed by atoms with Crippen LogP contribution in [0.5, 0.6) is 0 Å². The van der Waals surface area contributed by atoms with Crippen LogP contribution in [0.1, 0.15) is 29.7 Å². The molecule has 0 amide bonds. The van der Waals surface area contributed by atoms with E-state index in [1.54, 1.807) is 18.2 Å². The Kier molecular flexibility index (Phi) is 29.4. The van der Waals surface area contributed by atoms with Crippen molar-refractivity contribution in [2.24, 2.45) is 0 Å². The summed E-state index contributed by atoms with van der Waals surface area (Å²) in [6, 6.07) is 8.70. The van der Waals surface area contributed by atoms with Crippen LogP contribution in [0.25, 0.3) is 0 Å². The summed E-state index contributed by atoms with van der Waals surface area (Å²) in [6.45, 7) is 0. The van der Waals surface area contributed by atoms with Gasteiger partial charge in [-0.2, -0.15) is 16.8 Å². The van der Waals surface area contributed by atoms with Crippen molar-refractivity contribution in [3.63, 3.8) is 0 Å². The quantitative estimate of drug-likeness (QED) is 0.0756. The van der Waals surface area contributed by atoms with Crippen molar-refractivity contribution in [3.8, 4) is 0 Å². The average Bonchev–Trinajstić information content (AvgIpc) is 2.99. The molecule has 0 saturated carbocycles. The van der Waals surface area contributed by atoms with Crippen LogP contribution in [0.4, 0.5) is 63.6 Å². The smallest absolute Gasteiger partial charge is 0.318 e. The van der Waals surface area contributed by atoms with Crippen molar-refractivity contribution >= 4 is 83.8 Å². The molecule has 0 aromatic carbocycles. The Bertz CT molecular complexity index is 2270. The van der Waals surface area contributed by atoms with E-state index in [9.17, 15) is 47.2 Å². The highest BCUT2D eigenvalue weighted by Crippen LogP contribution is 2.29. The third kappa shape index (κ3) is 25.3. The lowest BCUT2D eigenvalue weighted by Crippen LogP contribution is -2.09. The zero-order valence-corrected chi connectivity index (χ0v) is 29.1. The molecule has 4 aromatic heterocycles. The summed E-state index contributed by atoms with van der Waals surface area (Å²) in [7, 11) is -8.95. The maximum atomic E-state index is 10.7. The monoisotopic (exact) mass is 921 g/mol. The van der Waals surface area contributed by atoms with Gasteiger partial charge >= 0.3 is 17.1 Å². The van der Waals surface area contributed by atoms with E-state index in [1.165, 1.54) is 6.07 Å². The predicted octanol–water partition coefficient (Wildman–Crippen LogP) is 1.05. The second-order valence-corrected chi connectivity index (χ2v) is 11.7. The lowest BCUT2D eigenvalue weighted by molar-refractivity contribution is -0.742. The molecule has 344 valence electrons. The van der Waals surface area contributed by atoms with Gasteiger partial charge in [-0.3, -0.25) is 39.4 Å². The molecule has 0 saturated heterocycles. The molecule has 20 N–H and O–H groups in total. The Morgan fingerprint density at radius 2 is 0.721 bits per heavy atom. The number of aromatic nitrogens is 4. The first-order valence-corrected chi connectivity index (χ1v) is 15.9. The first-order chi connectivity index (χ1) is 25.8. The molecule has 4 heterocycles. The fourth-order valence-electron chi connectivity index (χ4n) is 2.85. The van der Waals surface area contributed by atoms with E-state index in [-0.39, 0.29) is 41.3 Å². The largest absolute Gasteiger partial charge is 0.384 e. The van der Waals surface area contributed by atoms with Crippen LogP contribution in [0, 0.1) is 50.6 Å². The van der Waals surface area contributed by atoms with E-state index in [0.29, 0.717) is 23.8 Å². The third-order valence-corrected chi connectivity index (χ3v) is 6.69. The van der Waals surface area contributed by atoms with Crippen LogP contribution in [0.3, 0.4) is 0 Å². The van der Waals surface area contributed by atoms with Gasteiger partial charge in [0.15, 0.2) is 0 Å². The summed E-state index contributed by atoms with van der Waals surface area (Å²) >= 11 is 0. The predicted molar refractivity (Wildman–Crippen MR) is 216 cm³/mol. The number of nitro groups is 3. The van der Waals surface area contributed by atoms with E-state index >= 15 is 0 Å². The summed E-state index contributed by atoms with van der Waals surface area (Å²) in [4.78, 5) is 57.5. The van der Waals surface area contributed by atoms with Crippen LogP contribution in [0.15, 0.2) is 52.3 Å². The van der Waals surface area contributed by atoms with Gasteiger partial charge in [0.1, 0.15) is 44.9 Å². The van der Waals surface area contributed by atoms with Gasteiger partial charge < -0.3 is 56.3 Å². The number of pyridine rings is 4. The average molecular weight is 922 g/mol. The molecule has 0 spiro atoms. The molecule has 0 aliphatic heterocycles. The van der Waals surface area contributed by atoms with Gasteiger partial charge in [0.2, 0.25) is 17.5 Å². The highest BCUT2D eigenvalue weighted by atomic mass is 32.2. The maximum absolute atomic E-state index is 10.7. The van der Waals surface area contributed by atoms with Gasteiger partial charge in [0, 0.05) is 6.07 Å². The molecular formula is C24H43N17O18S2. The van der Waals surface area contributed by atoms with Crippen molar-refractivity contribution in [2.45, 2.75) is 39.5 Å². The van der Waals surface area contributed by atoms with Gasteiger partial charge in [0.25, 0.3) is 30.4 Å². The van der Waals surface area contributed by atoms with E-state index < -0.39 is 95.3 Å². The van der Waals surface area contributed by atoms with Crippen molar-refractivity contribution in [2.75, 3.05) is 45.9 Å². The topological polar surface area (TPSA) is 625 Å². The number of rotatable bonds is 5. The first-order valence-electron chi connectivity index (χ1n) is 13.0. The fraction of sp³-hybridized carbons (Fsp3) is 0.167. The Hall–Kier alpha value is -8.58. The summed E-state index contributed by atoms with van der Waals surface area (Å²) < 4.78 is 59.8. The van der Waals surface area contributed by atoms with Crippen molar-refractivity contribution in [3.05, 3.63) is 93.0 Å². The molecule has 0 atom stereocenters. The number of nitrogens with two attached hydrogens (primary N) is 8. The van der Waals surface area contributed by atoms with Crippen molar-refractivity contribution in [1.82, 2.24) is 19.9 Å². The molecule has 35 nitrogen and oxygen atoms in total. The van der Waals surface area contributed by atoms with Crippen LogP contribution in [-0.4, -0.2) is 81.2 Å². The first kappa shape index (κ1) is 64.3. The minimum Gasteiger partial charge on any atom is -0.384 e. The highest BCUT2D eigenvalue weighted by molar-refractivity contribution is 7.86. The number of anilines is 8. The number of hydrogen-bond acceptors (Lipinski definition) is 26. The summed E-state index contributed by atoms with van der Waals surface area (Å²) in [5.41, 5.74) is 39.4. The number of nitrogen functional groups attached to an aromatic ring is 8. The fourth-order valence-corrected chi connectivity index (χ4v) is 3.97. The Morgan fingerprint density at radius 1 is 0.443 bits per heavy atom. The maximum Gasteiger partial charge on any atom is 0.318 e. The summed E-state index contributed by atoms with van der Waals surface area (Å²) in [5.74, 6) is -1.30. The van der Waals surface area contributed by atoms with Crippen molar-refractivity contribution < 1.29 is 61.3 Å². The molecule has 0 fully saturated rings. The minimum absolute atomic E-state index is 0. The summed E-state index contributed by atoms with van der Waals surface area (Å²) in [6.07, 6.45) is 0. The number of nitrogens with zero attached hydrogens (tertiary/aromatic N) is 9. The molecule has 4 rings (SSSR count). The van der Waals surface area contributed by atoms with E-state index in [2.05, 4.69) is 19.9 Å². The highest BCUT2D eigenvalue weighted by Gasteiger charge is 2.24. The molecule has 0 aliphatic carbocycles. The van der Waals surface area contributed by atoms with Gasteiger partial charge in [-0.05, 0) is 24.3 Å². The normalized spacial score (nSPS) is 9.21. The van der Waals surface area contributed by atoms with E-state index in [0.717, 1.165) is 6.07 Å². The zero-order chi connectivity index (χ0) is 45.2. The van der Waals surface area contributed by atoms with Gasteiger partial charge in [-0.25, -0.2) is 19.9 Å². The molecule has 4 aromatic rings. The lowest BCUT2D eigenvalue weighted by atomic mass is 10.3. The molecule has 0 bridgehead atoms. The SMILES string of the molecule is C.C.C.C.Nc1ccc(S(=O)(=O)O)c(N)n1.Nc1cccc(N)n1.Nc1nc(N)c(S(=O)(=O)O)cc1[N+](=O)[O-].Nc1nc(N)c([N+](=O)[O-])cc1[N+](=O)[O-].O=[N+]([O-])O.O=[N+]([O-])O. The Balaban J connectivity index is -0.000000155. The van der Waals surface area contributed by atoms with Crippen molar-refractivity contribution in [1.29, 1.82) is 0 Å². The molecule has 0 aliphatic rings. The summed E-state index contributed by atoms with van der Waals surface area (Å²) in [5, 5.41) is 58.3.